The van der Waals surface area contributed by atoms with E-state index in [9.17, 15) is 9.18 Å². The minimum atomic E-state index is -0.528. The summed E-state index contributed by atoms with van der Waals surface area (Å²) in [6.45, 7) is 0.232. The number of benzene rings is 3. The van der Waals surface area contributed by atoms with Crippen LogP contribution in [0.3, 0.4) is 0 Å². The van der Waals surface area contributed by atoms with Gasteiger partial charge in [-0.1, -0.05) is 66.2 Å². The highest BCUT2D eigenvalue weighted by Gasteiger charge is 2.36. The van der Waals surface area contributed by atoms with Crippen molar-refractivity contribution in [2.24, 2.45) is 7.05 Å². The number of amides is 1. The zero-order chi connectivity index (χ0) is 23.7. The van der Waals surface area contributed by atoms with Gasteiger partial charge in [0.1, 0.15) is 17.3 Å². The Morgan fingerprint density at radius 1 is 1.06 bits per heavy atom. The predicted molar refractivity (Wildman–Crippen MR) is 129 cm³/mol. The molecule has 0 saturated heterocycles. The normalized spacial score (nSPS) is 13.0. The van der Waals surface area contributed by atoms with Gasteiger partial charge >= 0.3 is 0 Å². The second-order valence-corrected chi connectivity index (χ2v) is 8.71. The second-order valence-electron chi connectivity index (χ2n) is 8.30. The summed E-state index contributed by atoms with van der Waals surface area (Å²) >= 11 is 6.36. The van der Waals surface area contributed by atoms with Gasteiger partial charge in [-0.3, -0.25) is 4.79 Å². The Balaban J connectivity index is 1.59. The van der Waals surface area contributed by atoms with Crippen LogP contribution in [0, 0.1) is 5.82 Å². The lowest BCUT2D eigenvalue weighted by molar-refractivity contribution is 0.0724. The number of ether oxygens (including phenoxy) is 1. The van der Waals surface area contributed by atoms with Crippen LogP contribution in [0.5, 0.6) is 11.6 Å². The maximum Gasteiger partial charge on any atom is 0.257 e. The van der Waals surface area contributed by atoms with Crippen molar-refractivity contribution in [2.45, 2.75) is 25.4 Å². The number of nitrogens with zero attached hydrogens (tertiary/aromatic N) is 3. The first-order chi connectivity index (χ1) is 16.5. The summed E-state index contributed by atoms with van der Waals surface area (Å²) in [5.74, 6) is 0.109. The molecule has 3 aromatic carbocycles. The SMILES string of the molecule is Cn1nc(-c2ccccc2)c(CN(C(=O)c2ccccc2F)C2CC2)c1Oc1ccccc1Cl. The monoisotopic (exact) mass is 475 g/mol. The van der Waals surface area contributed by atoms with E-state index in [0.717, 1.165) is 24.0 Å². The van der Waals surface area contributed by atoms with Gasteiger partial charge in [-0.15, -0.1) is 0 Å². The van der Waals surface area contributed by atoms with Gasteiger partial charge in [0.15, 0.2) is 0 Å². The zero-order valence-electron chi connectivity index (χ0n) is 18.6. The molecule has 1 aliphatic rings. The smallest absolute Gasteiger partial charge is 0.257 e. The standard InChI is InChI=1S/C27H23ClFN3O2/c1-31-27(34-24-14-8-6-12-22(24)28)21(25(30-31)18-9-3-2-4-10-18)17-32(19-15-16-19)26(33)20-11-5-7-13-23(20)29/h2-14,19H,15-17H2,1H3. The van der Waals surface area contributed by atoms with E-state index in [1.54, 1.807) is 40.9 Å². The van der Waals surface area contributed by atoms with E-state index >= 15 is 0 Å². The number of carbonyl (C=O) groups excluding carboxylic acids is 1. The summed E-state index contributed by atoms with van der Waals surface area (Å²) in [6, 6.07) is 23.1. The third-order valence-electron chi connectivity index (χ3n) is 5.86. The van der Waals surface area contributed by atoms with Crippen LogP contribution in [0.4, 0.5) is 4.39 Å². The number of rotatable bonds is 7. The predicted octanol–water partition coefficient (Wildman–Crippen LogP) is 6.48. The van der Waals surface area contributed by atoms with Gasteiger partial charge in [0.25, 0.3) is 5.91 Å². The molecular formula is C27H23ClFN3O2. The Morgan fingerprint density at radius 3 is 2.44 bits per heavy atom. The van der Waals surface area contributed by atoms with E-state index in [0.29, 0.717) is 22.3 Å². The number of halogens is 2. The minimum Gasteiger partial charge on any atom is -0.437 e. The summed E-state index contributed by atoms with van der Waals surface area (Å²) in [5.41, 5.74) is 2.41. The Labute approximate surface area is 202 Å². The van der Waals surface area contributed by atoms with E-state index < -0.39 is 5.82 Å². The van der Waals surface area contributed by atoms with Gasteiger partial charge < -0.3 is 9.64 Å². The van der Waals surface area contributed by atoms with Gasteiger partial charge in [0.2, 0.25) is 5.88 Å². The molecule has 1 fully saturated rings. The van der Waals surface area contributed by atoms with E-state index in [1.165, 1.54) is 12.1 Å². The maximum atomic E-state index is 14.5. The van der Waals surface area contributed by atoms with Gasteiger partial charge in [0, 0.05) is 18.7 Å². The highest BCUT2D eigenvalue weighted by atomic mass is 35.5. The molecule has 0 unspecified atom stereocenters. The Bertz CT molecular complexity index is 1330. The van der Waals surface area contributed by atoms with Crippen LogP contribution in [0.25, 0.3) is 11.3 Å². The molecule has 34 heavy (non-hydrogen) atoms. The molecular weight excluding hydrogens is 453 g/mol. The van der Waals surface area contributed by atoms with Gasteiger partial charge in [-0.05, 0) is 37.1 Å². The highest BCUT2D eigenvalue weighted by molar-refractivity contribution is 6.32. The van der Waals surface area contributed by atoms with Crippen LogP contribution in [0.15, 0.2) is 78.9 Å². The lowest BCUT2D eigenvalue weighted by Gasteiger charge is -2.23. The average Bonchev–Trinajstić information content (AvgIpc) is 3.64. The van der Waals surface area contributed by atoms with Crippen molar-refractivity contribution in [3.8, 4) is 22.9 Å². The maximum absolute atomic E-state index is 14.5. The fourth-order valence-corrected chi connectivity index (χ4v) is 4.17. The molecule has 0 aliphatic heterocycles. The summed E-state index contributed by atoms with van der Waals surface area (Å²) < 4.78 is 22.4. The second kappa shape index (κ2) is 9.31. The first-order valence-electron chi connectivity index (χ1n) is 11.1. The Kier molecular flexibility index (Phi) is 6.07. The van der Waals surface area contributed by atoms with E-state index in [4.69, 9.17) is 21.4 Å². The Morgan fingerprint density at radius 2 is 1.74 bits per heavy atom. The van der Waals surface area contributed by atoms with Crippen molar-refractivity contribution in [1.29, 1.82) is 0 Å². The Hall–Kier alpha value is -3.64. The molecule has 0 N–H and O–H groups in total. The molecule has 0 bridgehead atoms. The summed E-state index contributed by atoms with van der Waals surface area (Å²) in [5, 5.41) is 5.20. The van der Waals surface area contributed by atoms with Gasteiger partial charge in [-0.25, -0.2) is 9.07 Å². The van der Waals surface area contributed by atoms with Crippen LogP contribution in [-0.2, 0) is 13.6 Å². The number of para-hydroxylation sites is 1. The lowest BCUT2D eigenvalue weighted by Crippen LogP contribution is -2.33. The number of aryl methyl sites for hydroxylation is 1. The summed E-state index contributed by atoms with van der Waals surface area (Å²) in [7, 11) is 1.79. The molecule has 5 nitrogen and oxygen atoms in total. The molecule has 4 aromatic rings. The number of hydrogen-bond donors (Lipinski definition) is 0. The van der Waals surface area contributed by atoms with E-state index in [-0.39, 0.29) is 24.1 Å². The van der Waals surface area contributed by atoms with Crippen LogP contribution >= 0.6 is 11.6 Å². The molecule has 0 atom stereocenters. The van der Waals surface area contributed by atoms with Crippen LogP contribution in [0.2, 0.25) is 5.02 Å². The molecule has 0 radical (unpaired) electrons. The minimum absolute atomic E-state index is 0.0455. The fraction of sp³-hybridized carbons (Fsp3) is 0.185. The van der Waals surface area contributed by atoms with E-state index in [2.05, 4.69) is 0 Å². The summed E-state index contributed by atoms with van der Waals surface area (Å²) in [4.78, 5) is 15.2. The van der Waals surface area contributed by atoms with Crippen LogP contribution in [-0.4, -0.2) is 26.6 Å². The quantitative estimate of drug-likeness (QED) is 0.307. The highest BCUT2D eigenvalue weighted by Crippen LogP contribution is 2.39. The molecule has 5 rings (SSSR count). The topological polar surface area (TPSA) is 47.4 Å². The molecule has 172 valence electrons. The first kappa shape index (κ1) is 22.2. The largest absolute Gasteiger partial charge is 0.437 e. The summed E-state index contributed by atoms with van der Waals surface area (Å²) in [6.07, 6.45) is 1.75. The van der Waals surface area contributed by atoms with Gasteiger partial charge in [-0.2, -0.15) is 5.10 Å². The van der Waals surface area contributed by atoms with Crippen molar-refractivity contribution >= 4 is 17.5 Å². The van der Waals surface area contributed by atoms with Gasteiger partial charge in [0.05, 0.1) is 22.7 Å². The molecule has 1 aromatic heterocycles. The average molecular weight is 476 g/mol. The molecule has 7 heteroatoms. The fourth-order valence-electron chi connectivity index (χ4n) is 3.99. The molecule has 1 saturated carbocycles. The number of carbonyl (C=O) groups is 1. The zero-order valence-corrected chi connectivity index (χ0v) is 19.4. The van der Waals surface area contributed by atoms with E-state index in [1.807, 2.05) is 42.5 Å². The third-order valence-corrected chi connectivity index (χ3v) is 6.17. The van der Waals surface area contributed by atoms with Crippen molar-refractivity contribution in [1.82, 2.24) is 14.7 Å². The number of aromatic nitrogens is 2. The first-order valence-corrected chi connectivity index (χ1v) is 11.5. The molecule has 1 heterocycles. The van der Waals surface area contributed by atoms with Crippen molar-refractivity contribution < 1.29 is 13.9 Å². The molecule has 0 spiro atoms. The van der Waals surface area contributed by atoms with Crippen LogP contribution < -0.4 is 4.74 Å². The van der Waals surface area contributed by atoms with Crippen molar-refractivity contribution in [3.05, 3.63) is 101 Å². The molecule has 1 amide bonds. The lowest BCUT2D eigenvalue weighted by atomic mass is 10.1. The van der Waals surface area contributed by atoms with Crippen molar-refractivity contribution in [2.75, 3.05) is 0 Å². The van der Waals surface area contributed by atoms with Crippen molar-refractivity contribution in [3.63, 3.8) is 0 Å². The molecule has 1 aliphatic carbocycles. The van der Waals surface area contributed by atoms with Crippen LogP contribution in [0.1, 0.15) is 28.8 Å². The third kappa shape index (κ3) is 4.41. The number of hydrogen-bond acceptors (Lipinski definition) is 3.